The third-order valence-electron chi connectivity index (χ3n) is 3.06. The first-order valence-electron chi connectivity index (χ1n) is 5.81. The van der Waals surface area contributed by atoms with Crippen molar-refractivity contribution in [1.29, 1.82) is 0 Å². The van der Waals surface area contributed by atoms with Gasteiger partial charge in [0.05, 0.1) is 5.56 Å². The van der Waals surface area contributed by atoms with Crippen molar-refractivity contribution in [3.05, 3.63) is 29.3 Å². The summed E-state index contributed by atoms with van der Waals surface area (Å²) in [6, 6.07) is 5.15. The summed E-state index contributed by atoms with van der Waals surface area (Å²) in [7, 11) is 1.69. The number of esters is 1. The summed E-state index contributed by atoms with van der Waals surface area (Å²) in [5, 5.41) is 0. The SMILES string of the molecule is Cc1ccc(N)c(C(=O)OC2CCN(C)C2=O)c1. The van der Waals surface area contributed by atoms with Gasteiger partial charge >= 0.3 is 5.97 Å². The first-order valence-corrected chi connectivity index (χ1v) is 5.81. The second-order valence-electron chi connectivity index (χ2n) is 4.53. The van der Waals surface area contributed by atoms with Gasteiger partial charge in [0.1, 0.15) is 0 Å². The van der Waals surface area contributed by atoms with Crippen LogP contribution >= 0.6 is 0 Å². The maximum Gasteiger partial charge on any atom is 0.341 e. The summed E-state index contributed by atoms with van der Waals surface area (Å²) in [5.74, 6) is -0.695. The van der Waals surface area contributed by atoms with E-state index in [4.69, 9.17) is 10.5 Å². The molecule has 5 heteroatoms. The van der Waals surface area contributed by atoms with Crippen molar-refractivity contribution in [2.45, 2.75) is 19.4 Å². The molecule has 1 aromatic carbocycles. The van der Waals surface area contributed by atoms with Gasteiger partial charge < -0.3 is 15.4 Å². The highest BCUT2D eigenvalue weighted by atomic mass is 16.5. The van der Waals surface area contributed by atoms with Crippen LogP contribution in [-0.2, 0) is 9.53 Å². The van der Waals surface area contributed by atoms with E-state index in [1.54, 1.807) is 24.1 Å². The number of ether oxygens (including phenoxy) is 1. The molecule has 0 saturated carbocycles. The molecule has 1 amide bonds. The molecule has 96 valence electrons. The Morgan fingerprint density at radius 2 is 2.22 bits per heavy atom. The Hall–Kier alpha value is -2.04. The zero-order valence-electron chi connectivity index (χ0n) is 10.5. The molecule has 0 aliphatic carbocycles. The standard InChI is InChI=1S/C13H16N2O3/c1-8-3-4-10(14)9(7-8)13(17)18-11-5-6-15(2)12(11)16/h3-4,7,11H,5-6,14H2,1-2H3. The van der Waals surface area contributed by atoms with Gasteiger partial charge in [0, 0.05) is 25.7 Å². The molecule has 2 rings (SSSR count). The summed E-state index contributed by atoms with van der Waals surface area (Å²) in [5.41, 5.74) is 7.33. The van der Waals surface area contributed by atoms with E-state index < -0.39 is 12.1 Å². The van der Waals surface area contributed by atoms with Gasteiger partial charge in [0.15, 0.2) is 6.10 Å². The molecular weight excluding hydrogens is 232 g/mol. The number of nitrogens with zero attached hydrogens (tertiary/aromatic N) is 1. The maximum atomic E-state index is 12.0. The van der Waals surface area contributed by atoms with Gasteiger partial charge in [0.2, 0.25) is 0 Å². The number of hydrogen-bond donors (Lipinski definition) is 1. The molecule has 2 N–H and O–H groups in total. The van der Waals surface area contributed by atoms with Crippen LogP contribution in [-0.4, -0.2) is 36.5 Å². The lowest BCUT2D eigenvalue weighted by Crippen LogP contribution is -2.29. The van der Waals surface area contributed by atoms with Crippen LogP contribution < -0.4 is 5.73 Å². The highest BCUT2D eigenvalue weighted by molar-refractivity contribution is 5.97. The van der Waals surface area contributed by atoms with Gasteiger partial charge in [-0.25, -0.2) is 4.79 Å². The molecule has 1 atom stereocenters. The molecule has 1 heterocycles. The van der Waals surface area contributed by atoms with Crippen LogP contribution in [0, 0.1) is 6.92 Å². The monoisotopic (exact) mass is 248 g/mol. The summed E-state index contributed by atoms with van der Waals surface area (Å²) in [6.07, 6.45) is -0.144. The average Bonchev–Trinajstić information content (AvgIpc) is 2.64. The first kappa shape index (κ1) is 12.4. The van der Waals surface area contributed by atoms with Crippen LogP contribution in [0.1, 0.15) is 22.3 Å². The largest absolute Gasteiger partial charge is 0.449 e. The van der Waals surface area contributed by atoms with E-state index in [9.17, 15) is 9.59 Å². The molecule has 18 heavy (non-hydrogen) atoms. The number of amides is 1. The molecule has 0 radical (unpaired) electrons. The van der Waals surface area contributed by atoms with Crippen LogP contribution in [0.2, 0.25) is 0 Å². The molecule has 1 aliphatic heterocycles. The topological polar surface area (TPSA) is 72.6 Å². The van der Waals surface area contributed by atoms with Crippen molar-refractivity contribution in [3.63, 3.8) is 0 Å². The fourth-order valence-electron chi connectivity index (χ4n) is 1.94. The quantitative estimate of drug-likeness (QED) is 0.625. The Morgan fingerprint density at radius 1 is 1.50 bits per heavy atom. The molecule has 1 fully saturated rings. The second-order valence-corrected chi connectivity index (χ2v) is 4.53. The van der Waals surface area contributed by atoms with Crippen LogP contribution in [0.5, 0.6) is 0 Å². The Bertz CT molecular complexity index is 499. The molecule has 1 saturated heterocycles. The normalized spacial score (nSPS) is 19.1. The van der Waals surface area contributed by atoms with Crippen molar-refractivity contribution in [3.8, 4) is 0 Å². The zero-order valence-corrected chi connectivity index (χ0v) is 10.5. The van der Waals surface area contributed by atoms with Crippen molar-refractivity contribution >= 4 is 17.6 Å². The number of anilines is 1. The lowest BCUT2D eigenvalue weighted by molar-refractivity contribution is -0.133. The predicted molar refractivity (Wildman–Crippen MR) is 67.0 cm³/mol. The highest BCUT2D eigenvalue weighted by Gasteiger charge is 2.32. The zero-order chi connectivity index (χ0) is 13.3. The third kappa shape index (κ3) is 2.30. The number of aryl methyl sites for hydroxylation is 1. The van der Waals surface area contributed by atoms with Gasteiger partial charge in [0.25, 0.3) is 5.91 Å². The van der Waals surface area contributed by atoms with E-state index in [1.165, 1.54) is 0 Å². The van der Waals surface area contributed by atoms with Crippen molar-refractivity contribution < 1.29 is 14.3 Å². The molecule has 1 unspecified atom stereocenters. The lowest BCUT2D eigenvalue weighted by Gasteiger charge is -2.12. The minimum Gasteiger partial charge on any atom is -0.449 e. The Morgan fingerprint density at radius 3 is 2.83 bits per heavy atom. The number of likely N-dealkylation sites (tertiary alicyclic amines) is 1. The van der Waals surface area contributed by atoms with Crippen LogP contribution in [0.3, 0.4) is 0 Å². The second kappa shape index (κ2) is 4.68. The van der Waals surface area contributed by atoms with Crippen LogP contribution in [0.25, 0.3) is 0 Å². The van der Waals surface area contributed by atoms with E-state index in [0.29, 0.717) is 24.2 Å². The van der Waals surface area contributed by atoms with E-state index in [0.717, 1.165) is 5.56 Å². The van der Waals surface area contributed by atoms with Crippen LogP contribution in [0.4, 0.5) is 5.69 Å². The smallest absolute Gasteiger partial charge is 0.341 e. The van der Waals surface area contributed by atoms with Crippen molar-refractivity contribution in [2.75, 3.05) is 19.3 Å². The molecule has 5 nitrogen and oxygen atoms in total. The maximum absolute atomic E-state index is 12.0. The number of carbonyl (C=O) groups is 2. The van der Waals surface area contributed by atoms with E-state index in [1.807, 2.05) is 13.0 Å². The Kier molecular flexibility index (Phi) is 3.23. The van der Waals surface area contributed by atoms with Crippen LogP contribution in [0.15, 0.2) is 18.2 Å². The van der Waals surface area contributed by atoms with Gasteiger partial charge in [-0.1, -0.05) is 11.6 Å². The fourth-order valence-corrected chi connectivity index (χ4v) is 1.94. The number of likely N-dealkylation sites (N-methyl/N-ethyl adjacent to an activating group) is 1. The van der Waals surface area contributed by atoms with E-state index in [2.05, 4.69) is 0 Å². The third-order valence-corrected chi connectivity index (χ3v) is 3.06. The molecule has 0 spiro atoms. The molecule has 1 aromatic rings. The molecule has 0 aromatic heterocycles. The predicted octanol–water partition coefficient (Wildman–Crippen LogP) is 0.965. The molecule has 0 bridgehead atoms. The number of benzene rings is 1. The summed E-state index contributed by atoms with van der Waals surface area (Å²) in [6.45, 7) is 2.48. The summed E-state index contributed by atoms with van der Waals surface area (Å²) >= 11 is 0. The average molecular weight is 248 g/mol. The van der Waals surface area contributed by atoms with E-state index >= 15 is 0 Å². The Balaban J connectivity index is 2.13. The number of hydrogen-bond acceptors (Lipinski definition) is 4. The number of nitrogens with two attached hydrogens (primary N) is 1. The van der Waals surface area contributed by atoms with E-state index in [-0.39, 0.29) is 5.91 Å². The number of nitrogen functional groups attached to an aromatic ring is 1. The summed E-state index contributed by atoms with van der Waals surface area (Å²) in [4.78, 5) is 25.1. The lowest BCUT2D eigenvalue weighted by atomic mass is 10.1. The molecule has 1 aliphatic rings. The van der Waals surface area contributed by atoms with Gasteiger partial charge in [-0.2, -0.15) is 0 Å². The highest BCUT2D eigenvalue weighted by Crippen LogP contribution is 2.19. The minimum atomic E-state index is -0.678. The van der Waals surface area contributed by atoms with Gasteiger partial charge in [-0.15, -0.1) is 0 Å². The first-order chi connectivity index (χ1) is 8.49. The minimum absolute atomic E-state index is 0.158. The summed E-state index contributed by atoms with van der Waals surface area (Å²) < 4.78 is 5.21. The fraction of sp³-hybridized carbons (Fsp3) is 0.385. The number of carbonyl (C=O) groups excluding carboxylic acids is 2. The Labute approximate surface area is 106 Å². The molecular formula is C13H16N2O3. The van der Waals surface area contributed by atoms with Crippen molar-refractivity contribution in [2.24, 2.45) is 0 Å². The van der Waals surface area contributed by atoms with Gasteiger partial charge in [-0.3, -0.25) is 4.79 Å². The van der Waals surface area contributed by atoms with Crippen molar-refractivity contribution in [1.82, 2.24) is 4.90 Å². The van der Waals surface area contributed by atoms with Gasteiger partial charge in [-0.05, 0) is 19.1 Å². The number of rotatable bonds is 2.